The third-order valence-corrected chi connectivity index (χ3v) is 6.66. The van der Waals surface area contributed by atoms with Crippen molar-refractivity contribution >= 4 is 23.7 Å². The lowest BCUT2D eigenvalue weighted by atomic mass is 9.63. The standard InChI is InChI=1S/C18H24O7/c1-7(14(20)21)11-9(19)6-18-10(25-16(24)13(11)18)5-8(17(2,3)4)12(18)15(22)23/h7-8,10-13H,5-6H2,1-4H3,(H,20,21)(H,22,23)/t7?,8?,10-,11+,12-,13?,18-/m1/s1. The molecule has 7 heteroatoms. The minimum atomic E-state index is -1.16. The summed E-state index contributed by atoms with van der Waals surface area (Å²) in [4.78, 5) is 48.8. The highest BCUT2D eigenvalue weighted by Gasteiger charge is 2.76. The molecule has 1 saturated heterocycles. The molecule has 2 N–H and O–H groups in total. The summed E-state index contributed by atoms with van der Waals surface area (Å²) in [5.41, 5.74) is -1.45. The van der Waals surface area contributed by atoms with Crippen molar-refractivity contribution in [3.63, 3.8) is 0 Å². The maximum atomic E-state index is 12.7. The highest BCUT2D eigenvalue weighted by atomic mass is 16.6. The Morgan fingerprint density at radius 2 is 1.84 bits per heavy atom. The highest BCUT2D eigenvalue weighted by Crippen LogP contribution is 2.67. The predicted octanol–water partition coefficient (Wildman–Crippen LogP) is 1.59. The van der Waals surface area contributed by atoms with E-state index >= 15 is 0 Å². The Hall–Kier alpha value is -1.92. The summed E-state index contributed by atoms with van der Waals surface area (Å²) in [7, 11) is 0. The molecule has 25 heavy (non-hydrogen) atoms. The van der Waals surface area contributed by atoms with E-state index < -0.39 is 53.1 Å². The first-order chi connectivity index (χ1) is 11.4. The topological polar surface area (TPSA) is 118 Å². The van der Waals surface area contributed by atoms with Crippen molar-refractivity contribution in [3.05, 3.63) is 0 Å². The number of Topliss-reactive ketones (excluding diaryl/α,β-unsaturated/α-hetero) is 1. The SMILES string of the molecule is CC(C(=O)O)[C@H]1C(=O)C[C@@]23C1C(=O)O[C@@H]2CC(C(C)(C)C)[C@@H]3C(=O)O. The number of hydrogen-bond acceptors (Lipinski definition) is 5. The Balaban J connectivity index is 2.13. The zero-order valence-electron chi connectivity index (χ0n) is 14.8. The van der Waals surface area contributed by atoms with Gasteiger partial charge >= 0.3 is 17.9 Å². The molecule has 7 atom stereocenters. The van der Waals surface area contributed by atoms with Gasteiger partial charge in [0.15, 0.2) is 0 Å². The number of rotatable bonds is 3. The van der Waals surface area contributed by atoms with Gasteiger partial charge in [-0.25, -0.2) is 0 Å². The van der Waals surface area contributed by atoms with Gasteiger partial charge in [-0.3, -0.25) is 19.2 Å². The molecule has 0 radical (unpaired) electrons. The molecule has 0 amide bonds. The third-order valence-electron chi connectivity index (χ3n) is 6.66. The highest BCUT2D eigenvalue weighted by molar-refractivity contribution is 5.97. The minimum absolute atomic E-state index is 0.0973. The van der Waals surface area contributed by atoms with E-state index in [9.17, 15) is 29.4 Å². The van der Waals surface area contributed by atoms with Crippen LogP contribution in [0.15, 0.2) is 0 Å². The number of carbonyl (C=O) groups is 4. The van der Waals surface area contributed by atoms with E-state index in [1.54, 1.807) is 0 Å². The summed E-state index contributed by atoms with van der Waals surface area (Å²) < 4.78 is 5.51. The van der Waals surface area contributed by atoms with Crippen molar-refractivity contribution in [3.8, 4) is 0 Å². The molecule has 1 spiro atoms. The summed E-state index contributed by atoms with van der Waals surface area (Å²) in [5, 5.41) is 19.3. The van der Waals surface area contributed by atoms with Crippen molar-refractivity contribution in [2.75, 3.05) is 0 Å². The zero-order valence-corrected chi connectivity index (χ0v) is 14.8. The van der Waals surface area contributed by atoms with E-state index in [4.69, 9.17) is 4.74 Å². The molecule has 0 aromatic heterocycles. The van der Waals surface area contributed by atoms with Crippen LogP contribution in [0.4, 0.5) is 0 Å². The first-order valence-corrected chi connectivity index (χ1v) is 8.61. The molecular formula is C18H24O7. The minimum Gasteiger partial charge on any atom is -0.481 e. The lowest BCUT2D eigenvalue weighted by molar-refractivity contribution is -0.153. The second-order valence-corrected chi connectivity index (χ2v) is 8.84. The van der Waals surface area contributed by atoms with Crippen LogP contribution in [-0.2, 0) is 23.9 Å². The summed E-state index contributed by atoms with van der Waals surface area (Å²) in [6, 6.07) is 0. The molecule has 2 aliphatic carbocycles. The number of ketones is 1. The van der Waals surface area contributed by atoms with Gasteiger partial charge < -0.3 is 14.9 Å². The van der Waals surface area contributed by atoms with Crippen molar-refractivity contribution in [2.24, 2.45) is 40.4 Å². The monoisotopic (exact) mass is 352 g/mol. The summed E-state index contributed by atoms with van der Waals surface area (Å²) in [5.74, 6) is -7.35. The molecule has 3 aliphatic rings. The van der Waals surface area contributed by atoms with Crippen LogP contribution in [0.1, 0.15) is 40.5 Å². The number of hydrogen-bond donors (Lipinski definition) is 2. The summed E-state index contributed by atoms with van der Waals surface area (Å²) >= 11 is 0. The van der Waals surface area contributed by atoms with E-state index in [2.05, 4.69) is 0 Å². The molecule has 1 heterocycles. The van der Waals surface area contributed by atoms with Crippen molar-refractivity contribution in [1.82, 2.24) is 0 Å². The van der Waals surface area contributed by atoms with Gasteiger partial charge in [-0.15, -0.1) is 0 Å². The van der Waals surface area contributed by atoms with Crippen LogP contribution in [-0.4, -0.2) is 40.0 Å². The zero-order chi connectivity index (χ0) is 18.9. The van der Waals surface area contributed by atoms with Crippen LogP contribution in [0.25, 0.3) is 0 Å². The van der Waals surface area contributed by atoms with Gasteiger partial charge in [0.05, 0.1) is 17.8 Å². The van der Waals surface area contributed by atoms with E-state index in [0.29, 0.717) is 6.42 Å². The molecule has 3 fully saturated rings. The summed E-state index contributed by atoms with van der Waals surface area (Å²) in [6.07, 6.45) is -0.338. The first kappa shape index (κ1) is 17.9. The van der Waals surface area contributed by atoms with Crippen molar-refractivity contribution < 1.29 is 34.1 Å². The van der Waals surface area contributed by atoms with Crippen molar-refractivity contribution in [2.45, 2.75) is 46.6 Å². The maximum Gasteiger partial charge on any atom is 0.310 e. The van der Waals surface area contributed by atoms with E-state index in [1.165, 1.54) is 6.92 Å². The third kappa shape index (κ3) is 2.24. The van der Waals surface area contributed by atoms with Crippen LogP contribution in [0.5, 0.6) is 0 Å². The number of esters is 1. The lowest BCUT2D eigenvalue weighted by Crippen LogP contribution is -2.44. The van der Waals surface area contributed by atoms with Crippen molar-refractivity contribution in [1.29, 1.82) is 0 Å². The Morgan fingerprint density at radius 3 is 2.32 bits per heavy atom. The van der Waals surface area contributed by atoms with Crippen LogP contribution in [0, 0.1) is 40.4 Å². The molecule has 3 unspecified atom stereocenters. The molecule has 2 saturated carbocycles. The average molecular weight is 352 g/mol. The van der Waals surface area contributed by atoms with Gasteiger partial charge in [-0.2, -0.15) is 0 Å². The Bertz CT molecular complexity index is 661. The van der Waals surface area contributed by atoms with Gasteiger partial charge in [0.25, 0.3) is 0 Å². The molecule has 138 valence electrons. The second-order valence-electron chi connectivity index (χ2n) is 8.84. The van der Waals surface area contributed by atoms with Gasteiger partial charge in [-0.1, -0.05) is 27.7 Å². The fourth-order valence-electron chi connectivity index (χ4n) is 5.54. The molecule has 0 bridgehead atoms. The number of carbonyl (C=O) groups excluding carboxylic acids is 2. The van der Waals surface area contributed by atoms with E-state index in [-0.39, 0.29) is 23.5 Å². The second kappa shape index (κ2) is 5.29. The van der Waals surface area contributed by atoms with E-state index in [1.807, 2.05) is 20.8 Å². The lowest BCUT2D eigenvalue weighted by Gasteiger charge is -2.37. The Morgan fingerprint density at radius 1 is 1.24 bits per heavy atom. The van der Waals surface area contributed by atoms with Crippen LogP contribution in [0.2, 0.25) is 0 Å². The Kier molecular flexibility index (Phi) is 3.78. The van der Waals surface area contributed by atoms with Gasteiger partial charge in [-0.05, 0) is 17.8 Å². The van der Waals surface area contributed by atoms with E-state index in [0.717, 1.165) is 0 Å². The van der Waals surface area contributed by atoms with Gasteiger partial charge in [0.1, 0.15) is 11.9 Å². The van der Waals surface area contributed by atoms with Crippen LogP contribution in [0.3, 0.4) is 0 Å². The Labute approximate surface area is 145 Å². The predicted molar refractivity (Wildman–Crippen MR) is 84.4 cm³/mol. The fraction of sp³-hybridized carbons (Fsp3) is 0.778. The first-order valence-electron chi connectivity index (χ1n) is 8.61. The number of carboxylic acids is 2. The molecule has 0 aromatic rings. The normalized spacial score (nSPS) is 41.2. The number of ether oxygens (including phenoxy) is 1. The maximum absolute atomic E-state index is 12.7. The quantitative estimate of drug-likeness (QED) is 0.740. The molecule has 1 aliphatic heterocycles. The number of aliphatic carboxylic acids is 2. The molecule has 7 nitrogen and oxygen atoms in total. The molecule has 0 aromatic carbocycles. The molecule has 3 rings (SSSR count). The summed E-state index contributed by atoms with van der Waals surface area (Å²) in [6.45, 7) is 7.22. The molecular weight excluding hydrogens is 328 g/mol. The largest absolute Gasteiger partial charge is 0.481 e. The smallest absolute Gasteiger partial charge is 0.310 e. The van der Waals surface area contributed by atoms with Gasteiger partial charge in [0.2, 0.25) is 0 Å². The number of carboxylic acid groups (broad SMARTS) is 2. The average Bonchev–Trinajstić information content (AvgIpc) is 3.01. The van der Waals surface area contributed by atoms with Crippen LogP contribution >= 0.6 is 0 Å². The van der Waals surface area contributed by atoms with Crippen LogP contribution < -0.4 is 0 Å². The van der Waals surface area contributed by atoms with Gasteiger partial charge in [0, 0.05) is 17.8 Å². The fourth-order valence-corrected chi connectivity index (χ4v) is 5.54.